The number of ether oxygens (including phenoxy) is 2. The van der Waals surface area contributed by atoms with Gasteiger partial charge in [-0.25, -0.2) is 0 Å². The van der Waals surface area contributed by atoms with Crippen LogP contribution >= 0.6 is 11.3 Å². The first-order valence-corrected chi connectivity index (χ1v) is 9.73. The maximum Gasteiger partial charge on any atom is 0.261 e. The van der Waals surface area contributed by atoms with Crippen LogP contribution in [0.4, 0.5) is 0 Å². The maximum absolute atomic E-state index is 12.5. The van der Waals surface area contributed by atoms with Gasteiger partial charge in [-0.2, -0.15) is 0 Å². The molecule has 1 aromatic carbocycles. The van der Waals surface area contributed by atoms with E-state index in [1.165, 1.54) is 18.4 Å². The molecule has 2 aromatic rings. The Morgan fingerprint density at radius 3 is 2.60 bits per heavy atom. The highest BCUT2D eigenvalue weighted by atomic mass is 32.1. The molecule has 1 aromatic heterocycles. The van der Waals surface area contributed by atoms with E-state index in [1.54, 1.807) is 11.3 Å². The molecule has 0 atom stereocenters. The largest absolute Gasteiger partial charge is 0.486 e. The first-order valence-electron chi connectivity index (χ1n) is 8.91. The van der Waals surface area contributed by atoms with Gasteiger partial charge in [0.2, 0.25) is 0 Å². The van der Waals surface area contributed by atoms with Gasteiger partial charge in [0.1, 0.15) is 13.2 Å². The van der Waals surface area contributed by atoms with Gasteiger partial charge in [0.05, 0.1) is 4.88 Å². The van der Waals surface area contributed by atoms with Crippen molar-refractivity contribution in [2.75, 3.05) is 19.8 Å². The van der Waals surface area contributed by atoms with E-state index < -0.39 is 0 Å². The monoisotopic (exact) mass is 357 g/mol. The van der Waals surface area contributed by atoms with Crippen LogP contribution in [0.5, 0.6) is 11.5 Å². The minimum Gasteiger partial charge on any atom is -0.486 e. The van der Waals surface area contributed by atoms with Crippen molar-refractivity contribution in [2.24, 2.45) is 0 Å². The standard InChI is InChI=1S/C20H23NO3S/c1-14-4-7-18(25-14)19(22)21-13-20(8-2-3-9-20)15-5-6-16-17(12-15)24-11-10-23-16/h4-7,12H,2-3,8-11,13H2,1H3,(H,21,22). The number of rotatable bonds is 4. The van der Waals surface area contributed by atoms with Crippen LogP contribution in [-0.2, 0) is 5.41 Å². The number of carbonyl (C=O) groups is 1. The SMILES string of the molecule is Cc1ccc(C(=O)NCC2(c3ccc4c(c3)OCCO4)CCCC2)s1. The van der Waals surface area contributed by atoms with Crippen molar-refractivity contribution in [3.8, 4) is 11.5 Å². The third-order valence-corrected chi connectivity index (χ3v) is 6.27. The molecule has 0 bridgehead atoms. The van der Waals surface area contributed by atoms with Crippen molar-refractivity contribution < 1.29 is 14.3 Å². The highest BCUT2D eigenvalue weighted by Gasteiger charge is 2.37. The van der Waals surface area contributed by atoms with Gasteiger partial charge < -0.3 is 14.8 Å². The minimum absolute atomic E-state index is 0.00218. The lowest BCUT2D eigenvalue weighted by molar-refractivity contribution is 0.0947. The van der Waals surface area contributed by atoms with Gasteiger partial charge in [-0.05, 0) is 49.6 Å². The minimum atomic E-state index is -0.00218. The Balaban J connectivity index is 1.54. The fourth-order valence-electron chi connectivity index (χ4n) is 3.89. The van der Waals surface area contributed by atoms with Crippen LogP contribution in [0.2, 0.25) is 0 Å². The van der Waals surface area contributed by atoms with Crippen molar-refractivity contribution in [3.05, 3.63) is 45.6 Å². The van der Waals surface area contributed by atoms with Crippen molar-refractivity contribution in [1.29, 1.82) is 0 Å². The number of hydrogen-bond acceptors (Lipinski definition) is 4. The summed E-state index contributed by atoms with van der Waals surface area (Å²) >= 11 is 1.54. The van der Waals surface area contributed by atoms with Gasteiger partial charge in [-0.3, -0.25) is 4.79 Å². The van der Waals surface area contributed by atoms with E-state index in [2.05, 4.69) is 17.4 Å². The fraction of sp³-hybridized carbons (Fsp3) is 0.450. The van der Waals surface area contributed by atoms with Crippen LogP contribution in [0.15, 0.2) is 30.3 Å². The zero-order chi connectivity index (χ0) is 17.3. The summed E-state index contributed by atoms with van der Waals surface area (Å²) in [4.78, 5) is 14.4. The Hall–Kier alpha value is -2.01. The second kappa shape index (κ2) is 6.71. The van der Waals surface area contributed by atoms with E-state index in [-0.39, 0.29) is 11.3 Å². The number of amides is 1. The van der Waals surface area contributed by atoms with E-state index in [0.717, 1.165) is 34.1 Å². The molecule has 4 nitrogen and oxygen atoms in total. The first kappa shape index (κ1) is 16.5. The summed E-state index contributed by atoms with van der Waals surface area (Å²) in [6.07, 6.45) is 4.58. The smallest absolute Gasteiger partial charge is 0.261 e. The van der Waals surface area contributed by atoms with Gasteiger partial charge in [0.15, 0.2) is 11.5 Å². The van der Waals surface area contributed by atoms with E-state index in [1.807, 2.05) is 25.1 Å². The summed E-state index contributed by atoms with van der Waals surface area (Å²) in [7, 11) is 0. The lowest BCUT2D eigenvalue weighted by Crippen LogP contribution is -2.38. The average molecular weight is 357 g/mol. The second-order valence-corrected chi connectivity index (χ2v) is 8.23. The lowest BCUT2D eigenvalue weighted by Gasteiger charge is -2.31. The summed E-state index contributed by atoms with van der Waals surface area (Å²) in [5, 5.41) is 3.17. The van der Waals surface area contributed by atoms with Crippen LogP contribution in [0.25, 0.3) is 0 Å². The van der Waals surface area contributed by atoms with E-state index in [0.29, 0.717) is 19.8 Å². The molecule has 0 radical (unpaired) electrons. The molecule has 1 aliphatic carbocycles. The molecule has 1 aliphatic heterocycles. The highest BCUT2D eigenvalue weighted by molar-refractivity contribution is 7.13. The number of aryl methyl sites for hydroxylation is 1. The number of hydrogen-bond donors (Lipinski definition) is 1. The zero-order valence-electron chi connectivity index (χ0n) is 14.5. The second-order valence-electron chi connectivity index (χ2n) is 6.94. The number of fused-ring (bicyclic) bond motifs is 1. The lowest BCUT2D eigenvalue weighted by atomic mass is 9.78. The molecular weight excluding hydrogens is 334 g/mol. The van der Waals surface area contributed by atoms with Crippen LogP contribution in [0.3, 0.4) is 0 Å². The topological polar surface area (TPSA) is 47.6 Å². The van der Waals surface area contributed by atoms with Crippen molar-refractivity contribution in [1.82, 2.24) is 5.32 Å². The van der Waals surface area contributed by atoms with Gasteiger partial charge in [-0.15, -0.1) is 11.3 Å². The number of thiophene rings is 1. The zero-order valence-corrected chi connectivity index (χ0v) is 15.3. The van der Waals surface area contributed by atoms with E-state index >= 15 is 0 Å². The molecule has 2 heterocycles. The van der Waals surface area contributed by atoms with Crippen LogP contribution in [-0.4, -0.2) is 25.7 Å². The summed E-state index contributed by atoms with van der Waals surface area (Å²) in [5.74, 6) is 1.68. The summed E-state index contributed by atoms with van der Waals surface area (Å²) in [6, 6.07) is 10.2. The molecule has 5 heteroatoms. The molecular formula is C20H23NO3S. The normalized spacial score (nSPS) is 18.1. The molecule has 1 amide bonds. The molecule has 1 saturated carbocycles. The van der Waals surface area contributed by atoms with Gasteiger partial charge in [0, 0.05) is 16.8 Å². The van der Waals surface area contributed by atoms with Crippen molar-refractivity contribution >= 4 is 17.2 Å². The average Bonchev–Trinajstić information content (AvgIpc) is 3.29. The first-order chi connectivity index (χ1) is 12.2. The Bertz CT molecular complexity index is 777. The highest BCUT2D eigenvalue weighted by Crippen LogP contribution is 2.43. The Morgan fingerprint density at radius 1 is 1.12 bits per heavy atom. The van der Waals surface area contributed by atoms with Crippen molar-refractivity contribution in [2.45, 2.75) is 38.0 Å². The number of carbonyl (C=O) groups excluding carboxylic acids is 1. The molecule has 0 saturated heterocycles. The van der Waals surface area contributed by atoms with Crippen molar-refractivity contribution in [3.63, 3.8) is 0 Å². The number of nitrogens with one attached hydrogen (secondary N) is 1. The summed E-state index contributed by atoms with van der Waals surface area (Å²) < 4.78 is 11.4. The van der Waals surface area contributed by atoms with E-state index in [4.69, 9.17) is 9.47 Å². The Kier molecular flexibility index (Phi) is 4.42. The van der Waals surface area contributed by atoms with Crippen LogP contribution < -0.4 is 14.8 Å². The van der Waals surface area contributed by atoms with Gasteiger partial charge >= 0.3 is 0 Å². The third-order valence-electron chi connectivity index (χ3n) is 5.27. The van der Waals surface area contributed by atoms with Crippen LogP contribution in [0.1, 0.15) is 45.8 Å². The molecule has 25 heavy (non-hydrogen) atoms. The predicted octanol–water partition coefficient (Wildman–Crippen LogP) is 4.07. The third kappa shape index (κ3) is 3.25. The Morgan fingerprint density at radius 2 is 1.88 bits per heavy atom. The molecule has 0 spiro atoms. The van der Waals surface area contributed by atoms with Crippen LogP contribution in [0, 0.1) is 6.92 Å². The molecule has 132 valence electrons. The van der Waals surface area contributed by atoms with E-state index in [9.17, 15) is 4.79 Å². The molecule has 2 aliphatic rings. The van der Waals surface area contributed by atoms with Gasteiger partial charge in [0.25, 0.3) is 5.91 Å². The number of benzene rings is 1. The summed E-state index contributed by atoms with van der Waals surface area (Å²) in [5.41, 5.74) is 1.24. The molecule has 4 rings (SSSR count). The summed E-state index contributed by atoms with van der Waals surface area (Å²) in [6.45, 7) is 3.89. The molecule has 1 fully saturated rings. The fourth-order valence-corrected chi connectivity index (χ4v) is 4.67. The van der Waals surface area contributed by atoms with Gasteiger partial charge in [-0.1, -0.05) is 18.9 Å². The maximum atomic E-state index is 12.5. The predicted molar refractivity (Wildman–Crippen MR) is 99.0 cm³/mol. The quantitative estimate of drug-likeness (QED) is 0.897. The molecule has 1 N–H and O–H groups in total. The Labute approximate surface area is 152 Å². The molecule has 0 unspecified atom stereocenters.